The fourth-order valence-corrected chi connectivity index (χ4v) is 2.89. The third-order valence-corrected chi connectivity index (χ3v) is 4.20. The Balaban J connectivity index is 2.31. The van der Waals surface area contributed by atoms with E-state index in [9.17, 15) is 0 Å². The van der Waals surface area contributed by atoms with Crippen LogP contribution in [0.2, 0.25) is 0 Å². The number of halogens is 2. The van der Waals surface area contributed by atoms with Gasteiger partial charge in [0.05, 0.1) is 23.8 Å². The van der Waals surface area contributed by atoms with Gasteiger partial charge in [0.2, 0.25) is 5.95 Å². The summed E-state index contributed by atoms with van der Waals surface area (Å²) in [6.45, 7) is 0. The molecule has 3 rings (SSSR count). The molecule has 0 amide bonds. The normalized spacial score (nSPS) is 10.9. The van der Waals surface area contributed by atoms with Crippen LogP contribution in [0.1, 0.15) is 0 Å². The topological polar surface area (TPSA) is 53.1 Å². The van der Waals surface area contributed by atoms with Crippen molar-refractivity contribution < 1.29 is 4.74 Å². The van der Waals surface area contributed by atoms with Crippen molar-refractivity contribution in [3.05, 3.63) is 45.3 Å². The lowest BCUT2D eigenvalue weighted by molar-refractivity contribution is 0.414. The number of imidazole rings is 1. The minimum absolute atomic E-state index is 0.437. The largest absolute Gasteiger partial charge is 0.497 e. The lowest BCUT2D eigenvalue weighted by Gasteiger charge is -2.10. The smallest absolute Gasteiger partial charge is 0.205 e. The lowest BCUT2D eigenvalue weighted by atomic mass is 10.2. The van der Waals surface area contributed by atoms with Crippen LogP contribution in [0.5, 0.6) is 5.75 Å². The molecule has 3 aromatic rings. The fraction of sp³-hybridized carbons (Fsp3) is 0.0714. The van der Waals surface area contributed by atoms with E-state index in [2.05, 4.69) is 36.8 Å². The highest BCUT2D eigenvalue weighted by Crippen LogP contribution is 2.32. The Morgan fingerprint density at radius 2 is 1.95 bits per heavy atom. The van der Waals surface area contributed by atoms with Crippen LogP contribution in [0, 0.1) is 0 Å². The van der Waals surface area contributed by atoms with Crippen molar-refractivity contribution in [3.8, 4) is 11.4 Å². The number of nitrogen functional groups attached to an aromatic ring is 1. The molecule has 0 unspecified atom stereocenters. The number of benzene rings is 2. The van der Waals surface area contributed by atoms with Crippen molar-refractivity contribution in [1.29, 1.82) is 0 Å². The van der Waals surface area contributed by atoms with E-state index in [4.69, 9.17) is 10.5 Å². The van der Waals surface area contributed by atoms with E-state index in [0.29, 0.717) is 5.95 Å². The minimum Gasteiger partial charge on any atom is -0.497 e. The number of anilines is 1. The molecule has 4 nitrogen and oxygen atoms in total. The summed E-state index contributed by atoms with van der Waals surface area (Å²) < 4.78 is 9.07. The maximum Gasteiger partial charge on any atom is 0.205 e. The summed E-state index contributed by atoms with van der Waals surface area (Å²) in [7, 11) is 1.64. The molecule has 6 heteroatoms. The molecule has 0 spiro atoms. The maximum atomic E-state index is 6.07. The molecule has 0 aliphatic rings. The number of rotatable bonds is 2. The number of ether oxygens (including phenoxy) is 1. The number of hydrogen-bond donors (Lipinski definition) is 1. The summed E-state index contributed by atoms with van der Waals surface area (Å²) in [5.41, 5.74) is 8.75. The van der Waals surface area contributed by atoms with Gasteiger partial charge in [-0.05, 0) is 46.3 Å². The summed E-state index contributed by atoms with van der Waals surface area (Å²) in [6.07, 6.45) is 0. The average molecular weight is 397 g/mol. The number of aromatic nitrogens is 2. The standard InChI is InChI=1S/C14H11Br2N3O/c1-20-9-3-4-10(16)13(7-9)19-12-5-2-8(15)6-11(12)18-14(19)17/h2-7H,1H3,(H2,17,18). The Hall–Kier alpha value is -1.53. The third kappa shape index (κ3) is 2.19. The third-order valence-electron chi connectivity index (χ3n) is 3.04. The fourth-order valence-electron chi connectivity index (χ4n) is 2.12. The van der Waals surface area contributed by atoms with Crippen molar-refractivity contribution in [2.45, 2.75) is 0 Å². The molecule has 0 aliphatic carbocycles. The first-order chi connectivity index (χ1) is 9.60. The zero-order valence-electron chi connectivity index (χ0n) is 10.6. The second kappa shape index (κ2) is 5.10. The van der Waals surface area contributed by atoms with Gasteiger partial charge in [-0.1, -0.05) is 15.9 Å². The molecule has 1 aromatic heterocycles. The van der Waals surface area contributed by atoms with Gasteiger partial charge in [-0.25, -0.2) is 4.98 Å². The van der Waals surface area contributed by atoms with Crippen molar-refractivity contribution in [3.63, 3.8) is 0 Å². The van der Waals surface area contributed by atoms with Crippen molar-refractivity contribution in [1.82, 2.24) is 9.55 Å². The van der Waals surface area contributed by atoms with Gasteiger partial charge in [0.15, 0.2) is 0 Å². The number of fused-ring (bicyclic) bond motifs is 1. The molecule has 0 bridgehead atoms. The maximum absolute atomic E-state index is 6.07. The van der Waals surface area contributed by atoms with E-state index in [1.807, 2.05) is 41.0 Å². The number of nitrogens with two attached hydrogens (primary N) is 1. The number of hydrogen-bond acceptors (Lipinski definition) is 3. The van der Waals surface area contributed by atoms with Gasteiger partial charge in [0.1, 0.15) is 5.75 Å². The van der Waals surface area contributed by atoms with Gasteiger partial charge in [-0.2, -0.15) is 0 Å². The predicted molar refractivity (Wildman–Crippen MR) is 87.4 cm³/mol. The van der Waals surface area contributed by atoms with Crippen LogP contribution >= 0.6 is 31.9 Å². The predicted octanol–water partition coefficient (Wildman–Crippen LogP) is 4.14. The van der Waals surface area contributed by atoms with Crippen LogP contribution in [0.4, 0.5) is 5.95 Å². The zero-order valence-corrected chi connectivity index (χ0v) is 13.8. The van der Waals surface area contributed by atoms with Crippen LogP contribution < -0.4 is 10.5 Å². The Morgan fingerprint density at radius 1 is 1.15 bits per heavy atom. The monoisotopic (exact) mass is 395 g/mol. The van der Waals surface area contributed by atoms with Crippen molar-refractivity contribution >= 4 is 48.8 Å². The van der Waals surface area contributed by atoms with E-state index in [1.54, 1.807) is 7.11 Å². The summed E-state index contributed by atoms with van der Waals surface area (Å²) in [5, 5.41) is 0. The first kappa shape index (κ1) is 13.5. The molecule has 1 heterocycles. The second-order valence-electron chi connectivity index (χ2n) is 4.26. The highest BCUT2D eigenvalue weighted by molar-refractivity contribution is 9.10. The van der Waals surface area contributed by atoms with E-state index in [1.165, 1.54) is 0 Å². The Labute approximate surface area is 132 Å². The summed E-state index contributed by atoms with van der Waals surface area (Å²) in [4.78, 5) is 4.40. The van der Waals surface area contributed by atoms with Crippen LogP contribution in [0.25, 0.3) is 16.7 Å². The van der Waals surface area contributed by atoms with Gasteiger partial charge in [-0.15, -0.1) is 0 Å². The number of methoxy groups -OCH3 is 1. The molecule has 0 fully saturated rings. The first-order valence-corrected chi connectivity index (χ1v) is 7.46. The average Bonchev–Trinajstić information content (AvgIpc) is 2.74. The summed E-state index contributed by atoms with van der Waals surface area (Å²) >= 11 is 6.99. The number of nitrogens with zero attached hydrogens (tertiary/aromatic N) is 2. The highest BCUT2D eigenvalue weighted by Gasteiger charge is 2.13. The van der Waals surface area contributed by atoms with E-state index < -0.39 is 0 Å². The van der Waals surface area contributed by atoms with Gasteiger partial charge in [0.25, 0.3) is 0 Å². The molecule has 0 saturated carbocycles. The molecule has 0 aliphatic heterocycles. The van der Waals surface area contributed by atoms with Gasteiger partial charge in [0, 0.05) is 15.0 Å². The van der Waals surface area contributed by atoms with Crippen LogP contribution in [0.15, 0.2) is 45.3 Å². The van der Waals surface area contributed by atoms with Crippen LogP contribution in [-0.4, -0.2) is 16.7 Å². The Morgan fingerprint density at radius 3 is 2.70 bits per heavy atom. The van der Waals surface area contributed by atoms with Gasteiger partial charge >= 0.3 is 0 Å². The lowest BCUT2D eigenvalue weighted by Crippen LogP contribution is -2.01. The molecular weight excluding hydrogens is 386 g/mol. The highest BCUT2D eigenvalue weighted by atomic mass is 79.9. The van der Waals surface area contributed by atoms with Crippen LogP contribution in [-0.2, 0) is 0 Å². The van der Waals surface area contributed by atoms with Crippen molar-refractivity contribution in [2.24, 2.45) is 0 Å². The molecule has 2 N–H and O–H groups in total. The SMILES string of the molecule is COc1ccc(Br)c(-n2c(N)nc3cc(Br)ccc32)c1. The molecule has 102 valence electrons. The Bertz CT molecular complexity index is 798. The summed E-state index contributed by atoms with van der Waals surface area (Å²) in [6, 6.07) is 11.6. The van der Waals surface area contributed by atoms with E-state index in [-0.39, 0.29) is 0 Å². The minimum atomic E-state index is 0.437. The molecule has 2 aromatic carbocycles. The first-order valence-electron chi connectivity index (χ1n) is 5.87. The Kier molecular flexibility index (Phi) is 3.43. The molecule has 20 heavy (non-hydrogen) atoms. The molecule has 0 atom stereocenters. The van der Waals surface area contributed by atoms with Crippen LogP contribution in [0.3, 0.4) is 0 Å². The van der Waals surface area contributed by atoms with Gasteiger partial charge in [-0.3, -0.25) is 4.57 Å². The molecule has 0 radical (unpaired) electrons. The molecule has 0 saturated heterocycles. The van der Waals surface area contributed by atoms with E-state index in [0.717, 1.165) is 31.4 Å². The molecular formula is C14H11Br2N3O. The quantitative estimate of drug-likeness (QED) is 0.708. The van der Waals surface area contributed by atoms with Crippen molar-refractivity contribution in [2.75, 3.05) is 12.8 Å². The zero-order chi connectivity index (χ0) is 14.3. The van der Waals surface area contributed by atoms with E-state index >= 15 is 0 Å². The second-order valence-corrected chi connectivity index (χ2v) is 6.03. The van der Waals surface area contributed by atoms with Gasteiger partial charge < -0.3 is 10.5 Å². The summed E-state index contributed by atoms with van der Waals surface area (Å²) in [5.74, 6) is 1.20.